The van der Waals surface area contributed by atoms with E-state index in [1.807, 2.05) is 0 Å². The first-order valence-electron chi connectivity index (χ1n) is 5.29. The van der Waals surface area contributed by atoms with Crippen LogP contribution in [-0.2, 0) is 4.79 Å². The van der Waals surface area contributed by atoms with Gasteiger partial charge in [-0.1, -0.05) is 0 Å². The number of rotatable bonds is 5. The minimum absolute atomic E-state index is 0.112. The predicted molar refractivity (Wildman–Crippen MR) is 64.8 cm³/mol. The van der Waals surface area contributed by atoms with Crippen molar-refractivity contribution in [1.82, 2.24) is 15.6 Å². The summed E-state index contributed by atoms with van der Waals surface area (Å²) in [5.41, 5.74) is 1.20. The Morgan fingerprint density at radius 3 is 2.65 bits per heavy atom. The van der Waals surface area contributed by atoms with Crippen LogP contribution in [0.25, 0.3) is 0 Å². The molecule has 6 nitrogen and oxygen atoms in total. The van der Waals surface area contributed by atoms with Crippen LogP contribution in [0.1, 0.15) is 17.3 Å². The van der Waals surface area contributed by atoms with Crippen molar-refractivity contribution < 1.29 is 9.59 Å². The highest BCUT2D eigenvalue weighted by Crippen LogP contribution is 2.11. The van der Waals surface area contributed by atoms with Gasteiger partial charge in [0, 0.05) is 33.3 Å². The lowest BCUT2D eigenvalue weighted by atomic mass is 10.2. The number of carbonyl (C=O) groups excluding carboxylic acids is 2. The van der Waals surface area contributed by atoms with E-state index in [0.29, 0.717) is 24.3 Å². The van der Waals surface area contributed by atoms with Gasteiger partial charge in [0.1, 0.15) is 0 Å². The van der Waals surface area contributed by atoms with Crippen molar-refractivity contribution in [3.63, 3.8) is 0 Å². The summed E-state index contributed by atoms with van der Waals surface area (Å²) in [6, 6.07) is 1.64. The SMILES string of the molecule is CNc1cnccc1C(=O)NCCNC(C)=O. The standard InChI is InChI=1S/C11H16N4O2/c1-8(16)14-5-6-15-11(17)9-3-4-13-7-10(9)12-2/h3-4,7,12H,5-6H2,1-2H3,(H,14,16)(H,15,17). The van der Waals surface area contributed by atoms with Crippen molar-refractivity contribution >= 4 is 17.5 Å². The van der Waals surface area contributed by atoms with E-state index in [0.717, 1.165) is 0 Å². The molecule has 0 saturated heterocycles. The van der Waals surface area contributed by atoms with Crippen molar-refractivity contribution in [1.29, 1.82) is 0 Å². The topological polar surface area (TPSA) is 83.1 Å². The molecule has 0 aliphatic heterocycles. The smallest absolute Gasteiger partial charge is 0.253 e. The summed E-state index contributed by atoms with van der Waals surface area (Å²) in [6.07, 6.45) is 3.15. The average Bonchev–Trinajstić information content (AvgIpc) is 2.34. The number of pyridine rings is 1. The van der Waals surface area contributed by atoms with Crippen LogP contribution in [0.2, 0.25) is 0 Å². The summed E-state index contributed by atoms with van der Waals surface area (Å²) in [5, 5.41) is 8.20. The Balaban J connectivity index is 2.49. The number of hydrogen-bond acceptors (Lipinski definition) is 4. The molecular weight excluding hydrogens is 220 g/mol. The molecule has 0 atom stereocenters. The second-order valence-electron chi connectivity index (χ2n) is 3.41. The Morgan fingerprint density at radius 1 is 1.29 bits per heavy atom. The molecule has 0 unspecified atom stereocenters. The minimum atomic E-state index is -0.192. The fourth-order valence-corrected chi connectivity index (χ4v) is 1.30. The molecular formula is C11H16N4O2. The van der Waals surface area contributed by atoms with Crippen LogP contribution in [0.15, 0.2) is 18.5 Å². The molecule has 1 aromatic heterocycles. The molecule has 6 heteroatoms. The number of nitrogens with one attached hydrogen (secondary N) is 3. The number of anilines is 1. The molecule has 0 bridgehead atoms. The zero-order chi connectivity index (χ0) is 12.7. The number of carbonyl (C=O) groups is 2. The predicted octanol–water partition coefficient (Wildman–Crippen LogP) is -0.0108. The van der Waals surface area contributed by atoms with Gasteiger partial charge in [0.2, 0.25) is 5.91 Å². The van der Waals surface area contributed by atoms with Crippen LogP contribution in [0.5, 0.6) is 0 Å². The van der Waals surface area contributed by atoms with Crippen LogP contribution in [-0.4, -0.2) is 36.9 Å². The first-order valence-corrected chi connectivity index (χ1v) is 5.29. The highest BCUT2D eigenvalue weighted by atomic mass is 16.2. The number of nitrogens with zero attached hydrogens (tertiary/aromatic N) is 1. The number of amides is 2. The third-order valence-electron chi connectivity index (χ3n) is 2.12. The first kappa shape index (κ1) is 13.0. The van der Waals surface area contributed by atoms with Crippen molar-refractivity contribution in [2.45, 2.75) is 6.92 Å². The molecule has 1 aromatic rings. The van der Waals surface area contributed by atoms with E-state index >= 15 is 0 Å². The molecule has 1 heterocycles. The van der Waals surface area contributed by atoms with Gasteiger partial charge < -0.3 is 16.0 Å². The van der Waals surface area contributed by atoms with Crippen LogP contribution in [0.4, 0.5) is 5.69 Å². The Morgan fingerprint density at radius 2 is 2.00 bits per heavy atom. The Hall–Kier alpha value is -2.11. The largest absolute Gasteiger partial charge is 0.386 e. The Labute approximate surface area is 99.8 Å². The molecule has 17 heavy (non-hydrogen) atoms. The monoisotopic (exact) mass is 236 g/mol. The van der Waals surface area contributed by atoms with E-state index < -0.39 is 0 Å². The molecule has 0 aliphatic rings. The summed E-state index contributed by atoms with van der Waals surface area (Å²) >= 11 is 0. The summed E-state index contributed by atoms with van der Waals surface area (Å²) in [4.78, 5) is 26.3. The maximum Gasteiger partial charge on any atom is 0.253 e. The van der Waals surface area contributed by atoms with E-state index in [1.54, 1.807) is 25.5 Å². The van der Waals surface area contributed by atoms with Crippen molar-refractivity contribution in [2.75, 3.05) is 25.5 Å². The van der Waals surface area contributed by atoms with E-state index in [1.165, 1.54) is 6.92 Å². The number of hydrogen-bond donors (Lipinski definition) is 3. The van der Waals surface area contributed by atoms with E-state index in [9.17, 15) is 9.59 Å². The molecule has 3 N–H and O–H groups in total. The summed E-state index contributed by atoms with van der Waals surface area (Å²) in [7, 11) is 1.73. The third-order valence-corrected chi connectivity index (χ3v) is 2.12. The van der Waals surface area contributed by atoms with Crippen molar-refractivity contribution in [3.05, 3.63) is 24.0 Å². The van der Waals surface area contributed by atoms with E-state index in [4.69, 9.17) is 0 Å². The first-order chi connectivity index (χ1) is 8.15. The van der Waals surface area contributed by atoms with E-state index in [-0.39, 0.29) is 11.8 Å². The quantitative estimate of drug-likeness (QED) is 0.628. The fourth-order valence-electron chi connectivity index (χ4n) is 1.30. The molecule has 0 aliphatic carbocycles. The van der Waals surface area contributed by atoms with Gasteiger partial charge in [-0.25, -0.2) is 0 Å². The minimum Gasteiger partial charge on any atom is -0.386 e. The normalized spacial score (nSPS) is 9.53. The van der Waals surface area contributed by atoms with Gasteiger partial charge in [-0.2, -0.15) is 0 Å². The molecule has 1 rings (SSSR count). The fraction of sp³-hybridized carbons (Fsp3) is 0.364. The third kappa shape index (κ3) is 4.10. The summed E-state index contributed by atoms with van der Waals surface area (Å²) in [6.45, 7) is 2.24. The lowest BCUT2D eigenvalue weighted by molar-refractivity contribution is -0.118. The highest BCUT2D eigenvalue weighted by molar-refractivity contribution is 5.99. The zero-order valence-electron chi connectivity index (χ0n) is 9.91. The highest BCUT2D eigenvalue weighted by Gasteiger charge is 2.09. The molecule has 0 radical (unpaired) electrons. The van der Waals surface area contributed by atoms with Crippen LogP contribution in [0.3, 0.4) is 0 Å². The van der Waals surface area contributed by atoms with Crippen LogP contribution in [0, 0.1) is 0 Å². The lowest BCUT2D eigenvalue weighted by Crippen LogP contribution is -2.33. The van der Waals surface area contributed by atoms with Gasteiger partial charge >= 0.3 is 0 Å². The lowest BCUT2D eigenvalue weighted by Gasteiger charge is -2.09. The van der Waals surface area contributed by atoms with Crippen molar-refractivity contribution in [3.8, 4) is 0 Å². The molecule has 0 fully saturated rings. The maximum absolute atomic E-state index is 11.8. The molecule has 92 valence electrons. The Kier molecular flexibility index (Phi) is 4.93. The molecule has 0 aromatic carbocycles. The molecule has 0 spiro atoms. The second-order valence-corrected chi connectivity index (χ2v) is 3.41. The zero-order valence-corrected chi connectivity index (χ0v) is 9.91. The van der Waals surface area contributed by atoms with Crippen molar-refractivity contribution in [2.24, 2.45) is 0 Å². The van der Waals surface area contributed by atoms with Crippen LogP contribution >= 0.6 is 0 Å². The van der Waals surface area contributed by atoms with Gasteiger partial charge in [-0.15, -0.1) is 0 Å². The Bertz CT molecular complexity index is 406. The number of aromatic nitrogens is 1. The van der Waals surface area contributed by atoms with E-state index in [2.05, 4.69) is 20.9 Å². The van der Waals surface area contributed by atoms with Gasteiger partial charge in [0.05, 0.1) is 17.4 Å². The van der Waals surface area contributed by atoms with Gasteiger partial charge in [-0.05, 0) is 6.07 Å². The van der Waals surface area contributed by atoms with Gasteiger partial charge in [-0.3, -0.25) is 14.6 Å². The summed E-state index contributed by atoms with van der Waals surface area (Å²) < 4.78 is 0. The van der Waals surface area contributed by atoms with Gasteiger partial charge in [0.25, 0.3) is 5.91 Å². The summed E-state index contributed by atoms with van der Waals surface area (Å²) in [5.74, 6) is -0.304. The molecule has 0 saturated carbocycles. The second kappa shape index (κ2) is 6.47. The van der Waals surface area contributed by atoms with Crippen LogP contribution < -0.4 is 16.0 Å². The average molecular weight is 236 g/mol. The van der Waals surface area contributed by atoms with Gasteiger partial charge in [0.15, 0.2) is 0 Å². The maximum atomic E-state index is 11.8. The molecule has 2 amide bonds.